The zero-order valence-electron chi connectivity index (χ0n) is 26.3. The number of nitrogens with zero attached hydrogens (tertiary/aromatic N) is 6. The van der Waals surface area contributed by atoms with Crippen LogP contribution in [0.25, 0.3) is 11.3 Å². The van der Waals surface area contributed by atoms with Crippen molar-refractivity contribution in [1.82, 2.24) is 24.8 Å². The maximum atomic E-state index is 15.0. The number of carbonyl (C=O) groups is 2. The van der Waals surface area contributed by atoms with Crippen LogP contribution in [0.4, 0.5) is 19.3 Å². The van der Waals surface area contributed by atoms with Crippen molar-refractivity contribution < 1.29 is 27.8 Å². The Morgan fingerprint density at radius 1 is 0.978 bits per heavy atom. The predicted octanol–water partition coefficient (Wildman–Crippen LogP) is 5.52. The predicted molar refractivity (Wildman–Crippen MR) is 167 cm³/mol. The molecule has 3 aromatic rings. The number of aryl methyl sites for hydroxylation is 1. The molecule has 0 bridgehead atoms. The Bertz CT molecular complexity index is 1560. The van der Waals surface area contributed by atoms with Gasteiger partial charge in [-0.25, -0.2) is 13.9 Å². The Hall–Kier alpha value is -3.93. The lowest BCUT2D eigenvalue weighted by Crippen LogP contribution is -2.60. The van der Waals surface area contributed by atoms with Crippen molar-refractivity contribution in [2.45, 2.75) is 58.1 Å². The van der Waals surface area contributed by atoms with E-state index in [-0.39, 0.29) is 48.8 Å². The summed E-state index contributed by atoms with van der Waals surface area (Å²) in [6, 6.07) is 8.72. The summed E-state index contributed by atoms with van der Waals surface area (Å²) in [5, 5.41) is 9.13. The SMILES string of the molecule is CCc1ccc(N2CCN(C(=O)C3(n4cc(-c5ccc(OC)c(F)c5F)nn4)CCN(C(=O)OC(C)(C)C)CC3)CC2)cc1Cl. The number of halogens is 3. The molecule has 0 radical (unpaired) electrons. The monoisotopic (exact) mass is 644 g/mol. The Labute approximate surface area is 266 Å². The van der Waals surface area contributed by atoms with Crippen LogP contribution in [0.15, 0.2) is 36.5 Å². The summed E-state index contributed by atoms with van der Waals surface area (Å²) in [6.07, 6.45) is 2.33. The lowest BCUT2D eigenvalue weighted by Gasteiger charge is -2.45. The van der Waals surface area contributed by atoms with Crippen LogP contribution in [0.5, 0.6) is 5.75 Å². The van der Waals surface area contributed by atoms with Gasteiger partial charge in [0.15, 0.2) is 11.6 Å². The van der Waals surface area contributed by atoms with E-state index in [0.29, 0.717) is 26.2 Å². The van der Waals surface area contributed by atoms with Crippen molar-refractivity contribution in [3.63, 3.8) is 0 Å². The highest BCUT2D eigenvalue weighted by molar-refractivity contribution is 6.31. The molecule has 5 rings (SSSR count). The van der Waals surface area contributed by atoms with Gasteiger partial charge in [-0.15, -0.1) is 5.10 Å². The molecule has 2 amide bonds. The maximum absolute atomic E-state index is 15.0. The Morgan fingerprint density at radius 3 is 2.27 bits per heavy atom. The minimum absolute atomic E-state index is 0.0769. The van der Waals surface area contributed by atoms with Gasteiger partial charge in [0.1, 0.15) is 16.8 Å². The molecular weight excluding hydrogens is 606 g/mol. The van der Waals surface area contributed by atoms with Crippen LogP contribution in [-0.4, -0.2) is 88.8 Å². The zero-order valence-corrected chi connectivity index (χ0v) is 27.0. The van der Waals surface area contributed by atoms with Crippen molar-refractivity contribution >= 4 is 29.3 Å². The molecule has 0 spiro atoms. The Balaban J connectivity index is 1.40. The van der Waals surface area contributed by atoms with E-state index in [1.807, 2.05) is 18.2 Å². The van der Waals surface area contributed by atoms with Crippen molar-refractivity contribution in [2.24, 2.45) is 0 Å². The van der Waals surface area contributed by atoms with Gasteiger partial charge in [-0.05, 0) is 69.9 Å². The van der Waals surface area contributed by atoms with Gasteiger partial charge in [-0.1, -0.05) is 29.8 Å². The van der Waals surface area contributed by atoms with Gasteiger partial charge in [0.05, 0.1) is 13.3 Å². The fourth-order valence-electron chi connectivity index (χ4n) is 5.89. The van der Waals surface area contributed by atoms with Gasteiger partial charge in [-0.2, -0.15) is 4.39 Å². The molecule has 2 saturated heterocycles. The molecule has 10 nitrogen and oxygen atoms in total. The number of rotatable bonds is 6. The van der Waals surface area contributed by atoms with E-state index in [0.717, 1.165) is 22.7 Å². The van der Waals surface area contributed by atoms with Gasteiger partial charge < -0.3 is 24.2 Å². The molecule has 242 valence electrons. The largest absolute Gasteiger partial charge is 0.494 e. The Morgan fingerprint density at radius 2 is 1.67 bits per heavy atom. The molecular formula is C32H39ClF2N6O4. The summed E-state index contributed by atoms with van der Waals surface area (Å²) >= 11 is 6.47. The molecule has 2 fully saturated rings. The third-order valence-corrected chi connectivity index (χ3v) is 8.82. The topological polar surface area (TPSA) is 93.0 Å². The first-order valence-electron chi connectivity index (χ1n) is 15.1. The highest BCUT2D eigenvalue weighted by Crippen LogP contribution is 2.36. The van der Waals surface area contributed by atoms with Crippen molar-refractivity contribution in [3.05, 3.63) is 58.7 Å². The van der Waals surface area contributed by atoms with E-state index < -0.39 is 28.9 Å². The fraction of sp³-hybridized carbons (Fsp3) is 0.500. The maximum Gasteiger partial charge on any atom is 0.410 e. The van der Waals surface area contributed by atoms with Crippen molar-refractivity contribution in [1.29, 1.82) is 0 Å². The first-order chi connectivity index (χ1) is 21.4. The number of amides is 2. The number of hydrogen-bond acceptors (Lipinski definition) is 7. The molecule has 3 heterocycles. The van der Waals surface area contributed by atoms with Crippen molar-refractivity contribution in [3.8, 4) is 17.0 Å². The summed E-state index contributed by atoms with van der Waals surface area (Å²) in [5.74, 6) is -2.65. The molecule has 45 heavy (non-hydrogen) atoms. The van der Waals surface area contributed by atoms with E-state index in [4.69, 9.17) is 21.1 Å². The number of likely N-dealkylation sites (tertiary alicyclic amines) is 1. The van der Waals surface area contributed by atoms with Crippen molar-refractivity contribution in [2.75, 3.05) is 51.3 Å². The lowest BCUT2D eigenvalue weighted by atomic mass is 9.85. The molecule has 0 unspecified atom stereocenters. The van der Waals surface area contributed by atoms with Gasteiger partial charge >= 0.3 is 6.09 Å². The van der Waals surface area contributed by atoms with Crippen LogP contribution in [0.3, 0.4) is 0 Å². The first-order valence-corrected chi connectivity index (χ1v) is 15.5. The summed E-state index contributed by atoms with van der Waals surface area (Å²) in [5.41, 5.74) is 0.195. The average molecular weight is 645 g/mol. The molecule has 0 atom stereocenters. The van der Waals surface area contributed by atoms with E-state index in [1.165, 1.54) is 30.1 Å². The third-order valence-electron chi connectivity index (χ3n) is 8.46. The number of methoxy groups -OCH3 is 1. The Kier molecular flexibility index (Phi) is 9.25. The number of piperidine rings is 1. The quantitative estimate of drug-likeness (QED) is 0.349. The van der Waals surface area contributed by atoms with Crippen LogP contribution < -0.4 is 9.64 Å². The van der Waals surface area contributed by atoms with E-state index in [9.17, 15) is 18.4 Å². The number of carbonyl (C=O) groups excluding carboxylic acids is 2. The second kappa shape index (κ2) is 12.8. The minimum Gasteiger partial charge on any atom is -0.494 e. The summed E-state index contributed by atoms with van der Waals surface area (Å²) in [4.78, 5) is 32.9. The van der Waals surface area contributed by atoms with Gasteiger partial charge in [-0.3, -0.25) is 4.79 Å². The number of aromatic nitrogens is 3. The molecule has 2 aliphatic rings. The van der Waals surface area contributed by atoms with E-state index >= 15 is 0 Å². The highest BCUT2D eigenvalue weighted by atomic mass is 35.5. The molecule has 1 aromatic heterocycles. The smallest absolute Gasteiger partial charge is 0.410 e. The lowest BCUT2D eigenvalue weighted by molar-refractivity contribution is -0.144. The first kappa shape index (κ1) is 32.5. The molecule has 0 saturated carbocycles. The van der Waals surface area contributed by atoms with Crippen LogP contribution in [0.2, 0.25) is 5.02 Å². The van der Waals surface area contributed by atoms with Crippen LogP contribution in [0.1, 0.15) is 46.1 Å². The third kappa shape index (κ3) is 6.56. The highest BCUT2D eigenvalue weighted by Gasteiger charge is 2.48. The number of ether oxygens (including phenoxy) is 2. The number of piperazine rings is 1. The molecule has 2 aromatic carbocycles. The van der Waals surface area contributed by atoms with E-state index in [1.54, 1.807) is 30.6 Å². The molecule has 2 aliphatic heterocycles. The van der Waals surface area contributed by atoms with Gasteiger partial charge in [0, 0.05) is 55.5 Å². The van der Waals surface area contributed by atoms with Crippen LogP contribution in [0, 0.1) is 11.6 Å². The van der Waals surface area contributed by atoms with Crippen LogP contribution in [-0.2, 0) is 21.5 Å². The van der Waals surface area contributed by atoms with Crippen LogP contribution >= 0.6 is 11.6 Å². The second-order valence-corrected chi connectivity index (χ2v) is 12.8. The van der Waals surface area contributed by atoms with Gasteiger partial charge in [0.2, 0.25) is 5.82 Å². The standard InChI is InChI=1S/C32H39ClF2N6O4/c1-6-21-7-8-22(19-24(21)33)38-15-17-39(18-16-38)29(42)32(11-13-40(14-12-32)30(43)45-31(2,3)4)41-20-25(36-37-41)23-9-10-26(44-5)28(35)27(23)34/h7-10,19-20H,6,11-18H2,1-5H3. The number of benzene rings is 2. The molecule has 0 aliphatic carbocycles. The summed E-state index contributed by atoms with van der Waals surface area (Å²) in [6.45, 7) is 10.1. The average Bonchev–Trinajstić information content (AvgIpc) is 3.52. The zero-order chi connectivity index (χ0) is 32.5. The summed E-state index contributed by atoms with van der Waals surface area (Å²) in [7, 11) is 1.25. The summed E-state index contributed by atoms with van der Waals surface area (Å²) < 4.78 is 41.4. The second-order valence-electron chi connectivity index (χ2n) is 12.4. The fourth-order valence-corrected chi connectivity index (χ4v) is 6.20. The normalized spacial score (nSPS) is 16.9. The number of hydrogen-bond donors (Lipinski definition) is 0. The van der Waals surface area contributed by atoms with Gasteiger partial charge in [0.25, 0.3) is 5.91 Å². The molecule has 13 heteroatoms. The number of anilines is 1. The minimum atomic E-state index is -1.19. The van der Waals surface area contributed by atoms with E-state index in [2.05, 4.69) is 22.1 Å². The molecule has 0 N–H and O–H groups in total.